The van der Waals surface area contributed by atoms with Crippen molar-refractivity contribution in [2.45, 2.75) is 11.8 Å². The lowest BCUT2D eigenvalue weighted by Gasteiger charge is -2.05. The summed E-state index contributed by atoms with van der Waals surface area (Å²) in [4.78, 5) is 10.5. The average Bonchev–Trinajstić information content (AvgIpc) is 2.06. The summed E-state index contributed by atoms with van der Waals surface area (Å²) >= 11 is 5.60. The Bertz CT molecular complexity index is 522. The Morgan fingerprint density at radius 1 is 1.40 bits per heavy atom. The molecule has 0 saturated carbocycles. The summed E-state index contributed by atoms with van der Waals surface area (Å²) in [5.41, 5.74) is 0.0880. The van der Waals surface area contributed by atoms with E-state index >= 15 is 0 Å². The third-order valence-corrected chi connectivity index (χ3v) is 3.53. The van der Waals surface area contributed by atoms with E-state index in [0.717, 1.165) is 6.07 Å². The van der Waals surface area contributed by atoms with Gasteiger partial charge in [0.25, 0.3) is 9.05 Å². The van der Waals surface area contributed by atoms with Crippen LogP contribution in [0.4, 0.5) is 0 Å². The Morgan fingerprint density at radius 2 is 1.93 bits per heavy atom. The molecule has 0 atom stereocenters. The molecule has 0 spiro atoms. The molecule has 0 unspecified atom stereocenters. The number of hydrogen-bond acceptors (Lipinski definition) is 3. The molecular formula is C8H6Cl2O4S. The first-order valence-corrected chi connectivity index (χ1v) is 6.40. The second kappa shape index (κ2) is 4.00. The molecule has 4 nitrogen and oxygen atoms in total. The van der Waals surface area contributed by atoms with E-state index in [0.29, 0.717) is 0 Å². The van der Waals surface area contributed by atoms with Crippen molar-refractivity contribution in [3.63, 3.8) is 0 Å². The molecule has 15 heavy (non-hydrogen) atoms. The average molecular weight is 269 g/mol. The quantitative estimate of drug-likeness (QED) is 0.836. The van der Waals surface area contributed by atoms with Crippen molar-refractivity contribution in [2.75, 3.05) is 0 Å². The Balaban J connectivity index is 3.52. The van der Waals surface area contributed by atoms with E-state index in [9.17, 15) is 13.2 Å². The van der Waals surface area contributed by atoms with Crippen LogP contribution in [0.2, 0.25) is 5.02 Å². The van der Waals surface area contributed by atoms with E-state index in [1.54, 1.807) is 0 Å². The van der Waals surface area contributed by atoms with Crippen LogP contribution in [-0.2, 0) is 9.05 Å². The molecule has 0 aromatic heterocycles. The maximum Gasteiger partial charge on any atom is 0.337 e. The van der Waals surface area contributed by atoms with Gasteiger partial charge in [0.2, 0.25) is 0 Å². The number of halogens is 2. The van der Waals surface area contributed by atoms with Crippen LogP contribution in [0, 0.1) is 6.92 Å². The number of carboxylic acid groups (broad SMARTS) is 1. The number of benzene rings is 1. The lowest BCUT2D eigenvalue weighted by atomic mass is 10.1. The fourth-order valence-electron chi connectivity index (χ4n) is 1.09. The van der Waals surface area contributed by atoms with Crippen LogP contribution >= 0.6 is 22.3 Å². The summed E-state index contributed by atoms with van der Waals surface area (Å²) in [5.74, 6) is -1.22. The van der Waals surface area contributed by atoms with Gasteiger partial charge in [0.05, 0.1) is 15.5 Å². The first-order valence-electron chi connectivity index (χ1n) is 3.71. The van der Waals surface area contributed by atoms with Gasteiger partial charge in [-0.1, -0.05) is 11.6 Å². The molecular weight excluding hydrogens is 263 g/mol. The highest BCUT2D eigenvalue weighted by Crippen LogP contribution is 2.26. The monoisotopic (exact) mass is 268 g/mol. The van der Waals surface area contributed by atoms with Gasteiger partial charge in [-0.15, -0.1) is 0 Å². The zero-order chi connectivity index (χ0) is 11.8. The van der Waals surface area contributed by atoms with Gasteiger partial charge in [-0.05, 0) is 24.6 Å². The lowest BCUT2D eigenvalue weighted by molar-refractivity contribution is 0.0697. The number of carboxylic acids is 1. The van der Waals surface area contributed by atoms with Gasteiger partial charge in [0, 0.05) is 10.7 Å². The van der Waals surface area contributed by atoms with E-state index in [1.807, 2.05) is 0 Å². The van der Waals surface area contributed by atoms with Crippen LogP contribution in [0.15, 0.2) is 17.0 Å². The lowest BCUT2D eigenvalue weighted by Crippen LogP contribution is -2.02. The largest absolute Gasteiger partial charge is 0.478 e. The highest BCUT2D eigenvalue weighted by Gasteiger charge is 2.18. The SMILES string of the molecule is Cc1cc(C(=O)O)c(Cl)cc1S(=O)(=O)Cl. The second-order valence-corrected chi connectivity index (χ2v) is 5.78. The van der Waals surface area contributed by atoms with Crippen LogP contribution < -0.4 is 0 Å². The standard InChI is InChI=1S/C8H6Cl2O4S/c1-4-2-5(8(11)12)6(9)3-7(4)15(10,13)14/h2-3H,1H3,(H,11,12). The summed E-state index contributed by atoms with van der Waals surface area (Å²) in [5, 5.41) is 8.56. The zero-order valence-electron chi connectivity index (χ0n) is 7.49. The number of carbonyl (C=O) groups is 1. The minimum absolute atomic E-state index is 0.154. The summed E-state index contributed by atoms with van der Waals surface area (Å²) in [7, 11) is 1.23. The molecule has 0 saturated heterocycles. The first-order chi connectivity index (χ1) is 6.73. The highest BCUT2D eigenvalue weighted by atomic mass is 35.7. The van der Waals surface area contributed by atoms with Crippen molar-refractivity contribution < 1.29 is 18.3 Å². The summed E-state index contributed by atoms with van der Waals surface area (Å²) < 4.78 is 22.1. The van der Waals surface area contributed by atoms with Crippen molar-refractivity contribution in [3.05, 3.63) is 28.3 Å². The van der Waals surface area contributed by atoms with E-state index in [4.69, 9.17) is 27.4 Å². The molecule has 0 aliphatic rings. The Hall–Kier alpha value is -0.780. The molecule has 0 radical (unpaired) electrons. The third kappa shape index (κ3) is 2.62. The van der Waals surface area contributed by atoms with E-state index in [-0.39, 0.29) is 21.0 Å². The molecule has 1 aromatic carbocycles. The number of hydrogen-bond donors (Lipinski definition) is 1. The Morgan fingerprint density at radius 3 is 2.33 bits per heavy atom. The van der Waals surface area contributed by atoms with Crippen molar-refractivity contribution >= 4 is 37.3 Å². The molecule has 0 aliphatic heterocycles. The molecule has 82 valence electrons. The molecule has 1 aromatic rings. The topological polar surface area (TPSA) is 71.4 Å². The minimum Gasteiger partial charge on any atom is -0.478 e. The van der Waals surface area contributed by atoms with Gasteiger partial charge in [0.1, 0.15) is 0 Å². The molecule has 7 heteroatoms. The van der Waals surface area contributed by atoms with Crippen LogP contribution in [0.3, 0.4) is 0 Å². The van der Waals surface area contributed by atoms with Crippen molar-refractivity contribution in [3.8, 4) is 0 Å². The van der Waals surface area contributed by atoms with Gasteiger partial charge >= 0.3 is 5.97 Å². The van der Waals surface area contributed by atoms with Crippen LogP contribution in [0.1, 0.15) is 15.9 Å². The number of aromatic carboxylic acids is 1. The van der Waals surface area contributed by atoms with Crippen molar-refractivity contribution in [1.29, 1.82) is 0 Å². The van der Waals surface area contributed by atoms with E-state index < -0.39 is 15.0 Å². The van der Waals surface area contributed by atoms with Crippen molar-refractivity contribution in [2.24, 2.45) is 0 Å². The predicted octanol–water partition coefficient (Wildman–Crippen LogP) is 2.27. The number of rotatable bonds is 2. The normalized spacial score (nSPS) is 11.4. The predicted molar refractivity (Wildman–Crippen MR) is 56.2 cm³/mol. The smallest absolute Gasteiger partial charge is 0.337 e. The van der Waals surface area contributed by atoms with E-state index in [1.165, 1.54) is 13.0 Å². The third-order valence-electron chi connectivity index (χ3n) is 1.76. The summed E-state index contributed by atoms with van der Waals surface area (Å²) in [6.45, 7) is 1.44. The van der Waals surface area contributed by atoms with Gasteiger partial charge in [0.15, 0.2) is 0 Å². The Kier molecular flexibility index (Phi) is 3.28. The van der Waals surface area contributed by atoms with Crippen LogP contribution in [0.25, 0.3) is 0 Å². The van der Waals surface area contributed by atoms with E-state index in [2.05, 4.69) is 0 Å². The second-order valence-electron chi connectivity index (χ2n) is 2.84. The first kappa shape index (κ1) is 12.3. The van der Waals surface area contributed by atoms with Crippen LogP contribution in [-0.4, -0.2) is 19.5 Å². The summed E-state index contributed by atoms with van der Waals surface area (Å²) in [6, 6.07) is 2.20. The fourth-order valence-corrected chi connectivity index (χ4v) is 2.60. The molecule has 0 amide bonds. The van der Waals surface area contributed by atoms with Gasteiger partial charge in [-0.25, -0.2) is 13.2 Å². The van der Waals surface area contributed by atoms with Gasteiger partial charge < -0.3 is 5.11 Å². The minimum atomic E-state index is -3.90. The molecule has 1 rings (SSSR count). The van der Waals surface area contributed by atoms with Gasteiger partial charge in [-0.2, -0.15) is 0 Å². The Labute approximate surface area is 95.9 Å². The molecule has 1 N–H and O–H groups in total. The molecule has 0 aliphatic carbocycles. The zero-order valence-corrected chi connectivity index (χ0v) is 9.82. The maximum absolute atomic E-state index is 11.0. The molecule has 0 bridgehead atoms. The number of aryl methyl sites for hydroxylation is 1. The van der Waals surface area contributed by atoms with Gasteiger partial charge in [-0.3, -0.25) is 0 Å². The maximum atomic E-state index is 11.0. The summed E-state index contributed by atoms with van der Waals surface area (Å²) in [6.07, 6.45) is 0. The molecule has 0 heterocycles. The fraction of sp³-hybridized carbons (Fsp3) is 0.125. The van der Waals surface area contributed by atoms with Crippen molar-refractivity contribution in [1.82, 2.24) is 0 Å². The highest BCUT2D eigenvalue weighted by molar-refractivity contribution is 8.13. The van der Waals surface area contributed by atoms with Crippen LogP contribution in [0.5, 0.6) is 0 Å². The molecule has 0 fully saturated rings.